The lowest BCUT2D eigenvalue weighted by atomic mass is 9.82. The maximum Gasteiger partial charge on any atom is 0.130 e. The zero-order valence-electron chi connectivity index (χ0n) is 10.4. The molecule has 94 valence electrons. The molecule has 1 aliphatic rings. The van der Waals surface area contributed by atoms with Crippen molar-refractivity contribution in [1.29, 1.82) is 0 Å². The van der Waals surface area contributed by atoms with Gasteiger partial charge in [-0.1, -0.05) is 46.3 Å². The summed E-state index contributed by atoms with van der Waals surface area (Å²) in [5, 5.41) is 0. The second kappa shape index (κ2) is 4.36. The summed E-state index contributed by atoms with van der Waals surface area (Å²) >= 11 is 3.57. The van der Waals surface area contributed by atoms with Gasteiger partial charge in [0.05, 0.1) is 10.4 Å². The van der Waals surface area contributed by atoms with E-state index in [1.54, 1.807) is 0 Å². The van der Waals surface area contributed by atoms with Crippen molar-refractivity contribution in [3.8, 4) is 0 Å². The average Bonchev–Trinajstić information content (AvgIpc) is 2.27. The number of benzene rings is 1. The van der Waals surface area contributed by atoms with E-state index in [0.29, 0.717) is 6.42 Å². The van der Waals surface area contributed by atoms with Gasteiger partial charge in [0.25, 0.3) is 0 Å². The predicted molar refractivity (Wildman–Crippen MR) is 71.2 cm³/mol. The minimum Gasteiger partial charge on any atom is -0.361 e. The van der Waals surface area contributed by atoms with Crippen molar-refractivity contribution in [3.05, 3.63) is 35.9 Å². The van der Waals surface area contributed by atoms with Crippen LogP contribution in [0.3, 0.4) is 0 Å². The van der Waals surface area contributed by atoms with Crippen LogP contribution in [0.4, 0.5) is 4.39 Å². The van der Waals surface area contributed by atoms with Gasteiger partial charge in [-0.2, -0.15) is 0 Å². The van der Waals surface area contributed by atoms with E-state index in [-0.39, 0.29) is 4.83 Å². The number of halogens is 2. The Labute approximate surface area is 110 Å². The first-order valence-corrected chi connectivity index (χ1v) is 6.81. The van der Waals surface area contributed by atoms with Crippen molar-refractivity contribution < 1.29 is 9.13 Å². The van der Waals surface area contributed by atoms with E-state index >= 15 is 0 Å². The Balaban J connectivity index is 2.37. The van der Waals surface area contributed by atoms with E-state index in [1.807, 2.05) is 51.1 Å². The molecule has 3 atom stereocenters. The Morgan fingerprint density at radius 1 is 1.24 bits per heavy atom. The Bertz CT molecular complexity index is 392. The van der Waals surface area contributed by atoms with Gasteiger partial charge in [-0.15, -0.1) is 0 Å². The molecule has 0 bridgehead atoms. The topological polar surface area (TPSA) is 9.23 Å². The molecular formula is C14H18BrFO. The number of hydrogen-bond acceptors (Lipinski definition) is 1. The smallest absolute Gasteiger partial charge is 0.130 e. The number of rotatable bonds is 1. The van der Waals surface area contributed by atoms with E-state index in [2.05, 4.69) is 15.9 Å². The molecule has 1 nitrogen and oxygen atoms in total. The van der Waals surface area contributed by atoms with E-state index in [9.17, 15) is 4.39 Å². The minimum atomic E-state index is -0.941. The Kier molecular flexibility index (Phi) is 3.34. The molecule has 1 fully saturated rings. The molecule has 1 aromatic rings. The van der Waals surface area contributed by atoms with Crippen LogP contribution in [-0.4, -0.2) is 16.6 Å². The Hall–Kier alpha value is -0.410. The van der Waals surface area contributed by atoms with E-state index < -0.39 is 17.4 Å². The van der Waals surface area contributed by atoms with Crippen molar-refractivity contribution in [2.24, 2.45) is 0 Å². The van der Waals surface area contributed by atoms with E-state index in [4.69, 9.17) is 4.74 Å². The van der Waals surface area contributed by atoms with Crippen molar-refractivity contribution in [2.45, 2.75) is 49.4 Å². The van der Waals surface area contributed by atoms with Gasteiger partial charge in [0.15, 0.2) is 0 Å². The molecule has 17 heavy (non-hydrogen) atoms. The molecule has 3 heteroatoms. The Morgan fingerprint density at radius 3 is 2.41 bits per heavy atom. The zero-order valence-corrected chi connectivity index (χ0v) is 12.0. The molecule has 1 aromatic carbocycles. The van der Waals surface area contributed by atoms with Crippen LogP contribution in [0, 0.1) is 0 Å². The summed E-state index contributed by atoms with van der Waals surface area (Å²) in [6, 6.07) is 10.0. The average molecular weight is 301 g/mol. The molecule has 1 saturated heterocycles. The normalized spacial score (nSPS) is 36.8. The summed E-state index contributed by atoms with van der Waals surface area (Å²) in [5.74, 6) is 0. The fraction of sp³-hybridized carbons (Fsp3) is 0.571. The van der Waals surface area contributed by atoms with E-state index in [1.165, 1.54) is 0 Å². The molecule has 0 amide bonds. The van der Waals surface area contributed by atoms with Crippen molar-refractivity contribution in [2.75, 3.05) is 0 Å². The van der Waals surface area contributed by atoms with E-state index in [0.717, 1.165) is 5.56 Å². The number of ether oxygens (including phenoxy) is 1. The quantitative estimate of drug-likeness (QED) is 0.706. The second-order valence-electron chi connectivity index (χ2n) is 5.35. The SMILES string of the molecule is CC1(C)O[C@](C)(c2ccccc2)[C@@H](Br)C[C@@H]1F. The molecule has 0 N–H and O–H groups in total. The van der Waals surface area contributed by atoms with Crippen LogP contribution in [0.2, 0.25) is 0 Å². The third-order valence-electron chi connectivity index (χ3n) is 3.59. The van der Waals surface area contributed by atoms with Crippen LogP contribution in [-0.2, 0) is 10.3 Å². The molecular weight excluding hydrogens is 283 g/mol. The molecule has 0 radical (unpaired) electrons. The largest absolute Gasteiger partial charge is 0.361 e. The summed E-state index contributed by atoms with van der Waals surface area (Å²) < 4.78 is 20.0. The lowest BCUT2D eigenvalue weighted by Crippen LogP contribution is -2.54. The first kappa shape index (κ1) is 13.0. The zero-order chi connectivity index (χ0) is 12.7. The number of hydrogen-bond donors (Lipinski definition) is 0. The summed E-state index contributed by atoms with van der Waals surface area (Å²) in [6.07, 6.45) is -0.470. The molecule has 0 aromatic heterocycles. The first-order valence-electron chi connectivity index (χ1n) is 5.90. The van der Waals surface area contributed by atoms with Crippen LogP contribution >= 0.6 is 15.9 Å². The van der Waals surface area contributed by atoms with Crippen molar-refractivity contribution in [3.63, 3.8) is 0 Å². The van der Waals surface area contributed by atoms with Gasteiger partial charge in [-0.3, -0.25) is 0 Å². The molecule has 0 saturated carbocycles. The molecule has 1 heterocycles. The van der Waals surface area contributed by atoms with Gasteiger partial charge in [0.2, 0.25) is 0 Å². The fourth-order valence-corrected chi connectivity index (χ4v) is 3.06. The summed E-state index contributed by atoms with van der Waals surface area (Å²) in [5.41, 5.74) is -0.135. The molecule has 0 spiro atoms. The fourth-order valence-electron chi connectivity index (χ4n) is 2.37. The summed E-state index contributed by atoms with van der Waals surface area (Å²) in [7, 11) is 0. The van der Waals surface area contributed by atoms with Crippen LogP contribution < -0.4 is 0 Å². The summed E-state index contributed by atoms with van der Waals surface area (Å²) in [4.78, 5) is -0.0135. The van der Waals surface area contributed by atoms with Crippen LogP contribution in [0.5, 0.6) is 0 Å². The predicted octanol–water partition coefficient (Wildman–Crippen LogP) is 4.20. The van der Waals surface area contributed by atoms with Gasteiger partial charge < -0.3 is 4.74 Å². The maximum absolute atomic E-state index is 13.9. The highest BCUT2D eigenvalue weighted by Gasteiger charge is 2.50. The lowest BCUT2D eigenvalue weighted by molar-refractivity contribution is -0.197. The first-order chi connectivity index (χ1) is 7.86. The minimum absolute atomic E-state index is 0.0135. The van der Waals surface area contributed by atoms with Crippen molar-refractivity contribution >= 4 is 15.9 Å². The van der Waals surface area contributed by atoms with Crippen LogP contribution in [0.1, 0.15) is 32.8 Å². The molecule has 1 aliphatic heterocycles. The molecule has 2 rings (SSSR count). The third kappa shape index (κ3) is 2.27. The Morgan fingerprint density at radius 2 is 1.82 bits per heavy atom. The third-order valence-corrected chi connectivity index (χ3v) is 4.84. The van der Waals surface area contributed by atoms with Gasteiger partial charge in [-0.25, -0.2) is 4.39 Å². The lowest BCUT2D eigenvalue weighted by Gasteiger charge is -2.48. The molecule has 0 aliphatic carbocycles. The van der Waals surface area contributed by atoms with Gasteiger partial charge in [0, 0.05) is 0 Å². The second-order valence-corrected chi connectivity index (χ2v) is 6.45. The summed E-state index contributed by atoms with van der Waals surface area (Å²) in [6.45, 7) is 5.66. The van der Waals surface area contributed by atoms with Gasteiger partial charge in [-0.05, 0) is 32.8 Å². The number of alkyl halides is 2. The standard InChI is InChI=1S/C14H18BrFO/c1-13(2)12(16)9-11(15)14(3,17-13)10-7-5-4-6-8-10/h4-8,11-12H,9H2,1-3H3/t11-,12-,14+/m0/s1. The highest BCUT2D eigenvalue weighted by Crippen LogP contribution is 2.46. The highest BCUT2D eigenvalue weighted by atomic mass is 79.9. The van der Waals surface area contributed by atoms with Gasteiger partial charge >= 0.3 is 0 Å². The van der Waals surface area contributed by atoms with Crippen molar-refractivity contribution in [1.82, 2.24) is 0 Å². The monoisotopic (exact) mass is 300 g/mol. The van der Waals surface area contributed by atoms with Gasteiger partial charge in [0.1, 0.15) is 11.8 Å². The molecule has 0 unspecified atom stereocenters. The highest BCUT2D eigenvalue weighted by molar-refractivity contribution is 9.09. The van der Waals surface area contributed by atoms with Crippen LogP contribution in [0.25, 0.3) is 0 Å². The van der Waals surface area contributed by atoms with Crippen LogP contribution in [0.15, 0.2) is 30.3 Å². The maximum atomic E-state index is 13.9.